The van der Waals surface area contributed by atoms with E-state index in [4.69, 9.17) is 4.74 Å². The predicted molar refractivity (Wildman–Crippen MR) is 80.6 cm³/mol. The molecule has 2 aliphatic rings. The smallest absolute Gasteiger partial charge is 0.246 e. The largest absolute Gasteiger partial charge is 0.476 e. The van der Waals surface area contributed by atoms with Gasteiger partial charge in [-0.05, 0) is 24.9 Å². The Morgan fingerprint density at radius 1 is 1.26 bits per heavy atom. The number of aliphatic imine (C=N–C) groups is 1. The minimum absolute atomic E-state index is 0.459. The summed E-state index contributed by atoms with van der Waals surface area (Å²) in [5.41, 5.74) is 1.41. The van der Waals surface area contributed by atoms with E-state index in [1.165, 1.54) is 12.0 Å². The van der Waals surface area contributed by atoms with Gasteiger partial charge in [0, 0.05) is 18.3 Å². The first-order valence-electron chi connectivity index (χ1n) is 6.90. The summed E-state index contributed by atoms with van der Waals surface area (Å²) < 4.78 is 5.27. The molecule has 2 heterocycles. The lowest BCUT2D eigenvalue weighted by Gasteiger charge is -2.20. The van der Waals surface area contributed by atoms with Gasteiger partial charge >= 0.3 is 0 Å². The van der Waals surface area contributed by atoms with Gasteiger partial charge in [-0.1, -0.05) is 42.1 Å². The molecule has 2 aliphatic heterocycles. The molecule has 0 aromatic heterocycles. The first kappa shape index (κ1) is 13.0. The Labute approximate surface area is 119 Å². The van der Waals surface area contributed by atoms with E-state index in [9.17, 15) is 0 Å². The van der Waals surface area contributed by atoms with Gasteiger partial charge in [0.05, 0.1) is 13.2 Å². The summed E-state index contributed by atoms with van der Waals surface area (Å²) in [6, 6.07) is 11.2. The van der Waals surface area contributed by atoms with Crippen LogP contribution in [0.25, 0.3) is 0 Å². The molecule has 0 bridgehead atoms. The number of benzene rings is 1. The second-order valence-corrected chi connectivity index (χ2v) is 6.35. The van der Waals surface area contributed by atoms with Crippen molar-refractivity contribution in [3.8, 4) is 0 Å². The zero-order chi connectivity index (χ0) is 13.1. The number of likely N-dealkylation sites (tertiary alicyclic amines) is 1. The standard InChI is InChI=1S/C15H20N2OS/c1-18-15-16-13-7-9-17(10-8-14(13)19-15)11-12-5-3-2-4-6-12/h2-6,13-14H,7-11H2,1H3. The molecule has 2 atom stereocenters. The average molecular weight is 276 g/mol. The van der Waals surface area contributed by atoms with Gasteiger partial charge in [-0.15, -0.1) is 0 Å². The third-order valence-corrected chi connectivity index (χ3v) is 5.17. The zero-order valence-electron chi connectivity index (χ0n) is 11.3. The van der Waals surface area contributed by atoms with Crippen molar-refractivity contribution in [2.24, 2.45) is 4.99 Å². The van der Waals surface area contributed by atoms with Crippen LogP contribution in [0.15, 0.2) is 35.3 Å². The number of methoxy groups -OCH3 is 1. The molecule has 19 heavy (non-hydrogen) atoms. The van der Waals surface area contributed by atoms with Crippen LogP contribution in [0.1, 0.15) is 18.4 Å². The van der Waals surface area contributed by atoms with Crippen LogP contribution in [0.4, 0.5) is 0 Å². The highest BCUT2D eigenvalue weighted by atomic mass is 32.2. The third-order valence-electron chi connectivity index (χ3n) is 3.85. The van der Waals surface area contributed by atoms with E-state index in [0.29, 0.717) is 11.3 Å². The topological polar surface area (TPSA) is 24.8 Å². The molecule has 1 fully saturated rings. The van der Waals surface area contributed by atoms with E-state index in [1.54, 1.807) is 7.11 Å². The summed E-state index contributed by atoms with van der Waals surface area (Å²) in [5, 5.41) is 1.50. The Balaban J connectivity index is 1.59. The van der Waals surface area contributed by atoms with Crippen LogP contribution in [-0.4, -0.2) is 41.6 Å². The molecule has 1 aromatic carbocycles. The Morgan fingerprint density at radius 2 is 2.05 bits per heavy atom. The van der Waals surface area contributed by atoms with Gasteiger partial charge in [-0.3, -0.25) is 4.90 Å². The lowest BCUT2D eigenvalue weighted by Crippen LogP contribution is -2.24. The van der Waals surface area contributed by atoms with Crippen molar-refractivity contribution >= 4 is 17.0 Å². The van der Waals surface area contributed by atoms with Gasteiger partial charge in [-0.25, -0.2) is 4.99 Å². The highest BCUT2D eigenvalue weighted by Gasteiger charge is 2.33. The SMILES string of the molecule is COC1=NC2CCN(Cc3ccccc3)CCC2S1. The first-order chi connectivity index (χ1) is 9.35. The minimum atomic E-state index is 0.459. The van der Waals surface area contributed by atoms with Crippen molar-refractivity contribution in [3.05, 3.63) is 35.9 Å². The van der Waals surface area contributed by atoms with Gasteiger partial charge in [-0.2, -0.15) is 0 Å². The van der Waals surface area contributed by atoms with Crippen LogP contribution in [0.2, 0.25) is 0 Å². The van der Waals surface area contributed by atoms with Crippen LogP contribution < -0.4 is 0 Å². The van der Waals surface area contributed by atoms with Crippen LogP contribution in [0.3, 0.4) is 0 Å². The van der Waals surface area contributed by atoms with Gasteiger partial charge in [0.1, 0.15) is 0 Å². The summed E-state index contributed by atoms with van der Waals surface area (Å²) in [4.78, 5) is 7.21. The van der Waals surface area contributed by atoms with Crippen LogP contribution in [-0.2, 0) is 11.3 Å². The molecular weight excluding hydrogens is 256 g/mol. The summed E-state index contributed by atoms with van der Waals surface area (Å²) in [7, 11) is 1.72. The number of ether oxygens (including phenoxy) is 1. The van der Waals surface area contributed by atoms with Gasteiger partial charge in [0.2, 0.25) is 5.23 Å². The quantitative estimate of drug-likeness (QED) is 0.830. The Kier molecular flexibility index (Phi) is 4.09. The molecule has 0 amide bonds. The molecule has 102 valence electrons. The minimum Gasteiger partial charge on any atom is -0.476 e. The maximum Gasteiger partial charge on any atom is 0.246 e. The van der Waals surface area contributed by atoms with Crippen LogP contribution in [0, 0.1) is 0 Å². The average Bonchev–Trinajstić information content (AvgIpc) is 2.77. The van der Waals surface area contributed by atoms with E-state index >= 15 is 0 Å². The van der Waals surface area contributed by atoms with Gasteiger partial charge in [0.15, 0.2) is 0 Å². The van der Waals surface area contributed by atoms with E-state index in [0.717, 1.165) is 31.3 Å². The normalized spacial score (nSPS) is 27.5. The molecule has 0 N–H and O–H groups in total. The molecule has 3 nitrogen and oxygen atoms in total. The Morgan fingerprint density at radius 3 is 2.84 bits per heavy atom. The van der Waals surface area contributed by atoms with E-state index < -0.39 is 0 Å². The highest BCUT2D eigenvalue weighted by Crippen LogP contribution is 2.33. The molecule has 1 aromatic rings. The van der Waals surface area contributed by atoms with Gasteiger partial charge in [0.25, 0.3) is 0 Å². The van der Waals surface area contributed by atoms with Crippen LogP contribution >= 0.6 is 11.8 Å². The fraction of sp³-hybridized carbons (Fsp3) is 0.533. The molecule has 4 heteroatoms. The molecule has 0 spiro atoms. The molecule has 0 aliphatic carbocycles. The summed E-state index contributed by atoms with van der Waals surface area (Å²) in [6.07, 6.45) is 2.36. The monoisotopic (exact) mass is 276 g/mol. The van der Waals surface area contributed by atoms with Gasteiger partial charge < -0.3 is 4.74 Å². The van der Waals surface area contributed by atoms with Crippen molar-refractivity contribution in [2.45, 2.75) is 30.7 Å². The van der Waals surface area contributed by atoms with Crippen LogP contribution in [0.5, 0.6) is 0 Å². The van der Waals surface area contributed by atoms with E-state index in [2.05, 4.69) is 40.2 Å². The second-order valence-electron chi connectivity index (χ2n) is 5.16. The maximum absolute atomic E-state index is 5.27. The molecule has 2 unspecified atom stereocenters. The number of thioether (sulfide) groups is 1. The fourth-order valence-corrected chi connectivity index (χ4v) is 3.92. The second kappa shape index (κ2) is 5.97. The number of nitrogens with zero attached hydrogens (tertiary/aromatic N) is 2. The van der Waals surface area contributed by atoms with Crippen molar-refractivity contribution in [1.29, 1.82) is 0 Å². The highest BCUT2D eigenvalue weighted by molar-refractivity contribution is 8.14. The lowest BCUT2D eigenvalue weighted by molar-refractivity contribution is 0.275. The zero-order valence-corrected chi connectivity index (χ0v) is 12.1. The molecule has 3 rings (SSSR count). The van der Waals surface area contributed by atoms with Crippen molar-refractivity contribution in [1.82, 2.24) is 4.90 Å². The van der Waals surface area contributed by atoms with E-state index in [-0.39, 0.29) is 0 Å². The number of fused-ring (bicyclic) bond motifs is 1. The number of rotatable bonds is 2. The molecule has 0 saturated carbocycles. The summed E-state index contributed by atoms with van der Waals surface area (Å²) in [6.45, 7) is 3.36. The number of hydrogen-bond donors (Lipinski definition) is 0. The Hall–Kier alpha value is -1.00. The molecule has 0 radical (unpaired) electrons. The van der Waals surface area contributed by atoms with Crippen molar-refractivity contribution in [2.75, 3.05) is 20.2 Å². The predicted octanol–water partition coefficient (Wildman–Crippen LogP) is 2.77. The maximum atomic E-state index is 5.27. The number of hydrogen-bond acceptors (Lipinski definition) is 4. The molecular formula is C15H20N2OS. The summed E-state index contributed by atoms with van der Waals surface area (Å²) >= 11 is 1.82. The third kappa shape index (κ3) is 3.12. The fourth-order valence-electron chi connectivity index (χ4n) is 2.80. The van der Waals surface area contributed by atoms with Crippen molar-refractivity contribution in [3.63, 3.8) is 0 Å². The Bertz CT molecular complexity index is 449. The van der Waals surface area contributed by atoms with E-state index in [1.807, 2.05) is 11.8 Å². The lowest BCUT2D eigenvalue weighted by atomic mass is 10.1. The summed E-state index contributed by atoms with van der Waals surface area (Å²) in [5.74, 6) is 0. The first-order valence-corrected chi connectivity index (χ1v) is 7.78. The molecule has 1 saturated heterocycles. The van der Waals surface area contributed by atoms with Crippen molar-refractivity contribution < 1.29 is 4.74 Å².